The first-order chi connectivity index (χ1) is 14.4. The highest BCUT2D eigenvalue weighted by molar-refractivity contribution is 7.89. The van der Waals surface area contributed by atoms with Crippen LogP contribution >= 0.6 is 0 Å². The lowest BCUT2D eigenvalue weighted by Crippen LogP contribution is -2.28. The monoisotopic (exact) mass is 459 g/mol. The van der Waals surface area contributed by atoms with Gasteiger partial charge in [0.25, 0.3) is 0 Å². The first kappa shape index (κ1) is 27.8. The number of carboxylic acid groups (broad SMARTS) is 1. The van der Waals surface area contributed by atoms with Gasteiger partial charge in [0.1, 0.15) is 0 Å². The van der Waals surface area contributed by atoms with Crippen LogP contribution in [0.4, 0.5) is 0 Å². The van der Waals surface area contributed by atoms with Gasteiger partial charge in [-0.3, -0.25) is 4.79 Å². The number of carbonyl (C=O) groups is 1. The van der Waals surface area contributed by atoms with E-state index < -0.39 is 39.9 Å². The largest absolute Gasteiger partial charge is 0.481 e. The Morgan fingerprint density at radius 1 is 1.29 bits per heavy atom. The van der Waals surface area contributed by atoms with Crippen molar-refractivity contribution in [1.29, 1.82) is 0 Å². The summed E-state index contributed by atoms with van der Waals surface area (Å²) in [6.07, 6.45) is 11.7. The molecule has 31 heavy (non-hydrogen) atoms. The molecule has 5 N–H and O–H groups in total. The van der Waals surface area contributed by atoms with E-state index in [4.69, 9.17) is 10.2 Å². The van der Waals surface area contributed by atoms with Gasteiger partial charge >= 0.3 is 5.97 Å². The number of rotatable bonds is 15. The SMILES string of the molecule is CCCCC(C)(C)[C@H](O)/C=C/[C@@H]1C(CCCCCC(CS(N)(=O)=O)C(=O)O)=CC[C@H]1O. The number of primary sulfonamides is 1. The highest BCUT2D eigenvalue weighted by atomic mass is 32.2. The third-order valence-electron chi connectivity index (χ3n) is 6.24. The second-order valence-electron chi connectivity index (χ2n) is 9.49. The summed E-state index contributed by atoms with van der Waals surface area (Å²) in [4.78, 5) is 11.2. The summed E-state index contributed by atoms with van der Waals surface area (Å²) in [5.41, 5.74) is 0.930. The van der Waals surface area contributed by atoms with Crippen molar-refractivity contribution in [2.45, 2.75) is 90.8 Å². The summed E-state index contributed by atoms with van der Waals surface area (Å²) >= 11 is 0. The summed E-state index contributed by atoms with van der Waals surface area (Å²) in [5.74, 6) is -2.76. The molecule has 0 aromatic heterocycles. The van der Waals surface area contributed by atoms with Gasteiger partial charge in [-0.15, -0.1) is 0 Å². The van der Waals surface area contributed by atoms with Gasteiger partial charge in [0.15, 0.2) is 0 Å². The van der Waals surface area contributed by atoms with Crippen molar-refractivity contribution >= 4 is 16.0 Å². The third-order valence-corrected chi connectivity index (χ3v) is 7.11. The molecule has 0 saturated heterocycles. The number of aliphatic hydroxyl groups excluding tert-OH is 2. The Balaban J connectivity index is 2.51. The van der Waals surface area contributed by atoms with Gasteiger partial charge in [-0.05, 0) is 37.5 Å². The van der Waals surface area contributed by atoms with E-state index in [2.05, 4.69) is 26.8 Å². The Labute approximate surface area is 187 Å². The van der Waals surface area contributed by atoms with Crippen molar-refractivity contribution in [2.75, 3.05) is 5.75 Å². The summed E-state index contributed by atoms with van der Waals surface area (Å²) in [7, 11) is -3.81. The van der Waals surface area contributed by atoms with Crippen LogP contribution in [0, 0.1) is 17.3 Å². The number of unbranched alkanes of at least 4 members (excludes halogenated alkanes) is 3. The van der Waals surface area contributed by atoms with Gasteiger partial charge in [0.05, 0.1) is 23.9 Å². The Morgan fingerprint density at radius 3 is 2.55 bits per heavy atom. The molecule has 7 nitrogen and oxygen atoms in total. The molecule has 0 aromatic carbocycles. The van der Waals surface area contributed by atoms with Gasteiger partial charge in [0, 0.05) is 5.92 Å². The second-order valence-corrected chi connectivity index (χ2v) is 11.2. The van der Waals surface area contributed by atoms with Crippen molar-refractivity contribution in [2.24, 2.45) is 22.4 Å². The van der Waals surface area contributed by atoms with E-state index >= 15 is 0 Å². The minimum absolute atomic E-state index is 0.106. The lowest BCUT2D eigenvalue weighted by atomic mass is 9.80. The number of aliphatic hydroxyl groups is 2. The summed E-state index contributed by atoms with van der Waals surface area (Å²) < 4.78 is 22.3. The number of aliphatic carboxylic acids is 1. The molecule has 1 rings (SSSR count). The fraction of sp³-hybridized carbons (Fsp3) is 0.783. The first-order valence-corrected chi connectivity index (χ1v) is 13.1. The van der Waals surface area contributed by atoms with Crippen molar-refractivity contribution < 1.29 is 28.5 Å². The molecule has 0 amide bonds. The molecule has 4 atom stereocenters. The van der Waals surface area contributed by atoms with Crippen LogP contribution in [0.15, 0.2) is 23.8 Å². The molecule has 1 aliphatic rings. The quantitative estimate of drug-likeness (QED) is 0.219. The number of nitrogens with two attached hydrogens (primary N) is 1. The molecule has 0 heterocycles. The molecule has 0 radical (unpaired) electrons. The summed E-state index contributed by atoms with van der Waals surface area (Å²) in [6.45, 7) is 6.24. The molecule has 8 heteroatoms. The fourth-order valence-corrected chi connectivity index (χ4v) is 4.91. The molecule has 0 aromatic rings. The summed E-state index contributed by atoms with van der Waals surface area (Å²) in [6, 6.07) is 0. The third kappa shape index (κ3) is 10.3. The van der Waals surface area contributed by atoms with Crippen LogP contribution in [0.25, 0.3) is 0 Å². The van der Waals surface area contributed by atoms with Crippen LogP contribution in [0.5, 0.6) is 0 Å². The maximum Gasteiger partial charge on any atom is 0.307 e. The zero-order chi connectivity index (χ0) is 23.7. The van der Waals surface area contributed by atoms with Crippen LogP contribution in [-0.4, -0.2) is 47.7 Å². The van der Waals surface area contributed by atoms with Crippen molar-refractivity contribution in [1.82, 2.24) is 0 Å². The molecule has 0 bridgehead atoms. The van der Waals surface area contributed by atoms with Gasteiger partial charge in [-0.2, -0.15) is 0 Å². The van der Waals surface area contributed by atoms with Gasteiger partial charge in [-0.1, -0.05) is 70.3 Å². The number of hydrogen-bond acceptors (Lipinski definition) is 5. The Hall–Kier alpha value is -1.22. The minimum atomic E-state index is -3.81. The van der Waals surface area contributed by atoms with Crippen LogP contribution in [-0.2, 0) is 14.8 Å². The molecule has 0 fully saturated rings. The molecule has 0 saturated carbocycles. The molecular weight excluding hydrogens is 418 g/mol. The van der Waals surface area contributed by atoms with Gasteiger partial charge in [0.2, 0.25) is 10.0 Å². The smallest absolute Gasteiger partial charge is 0.307 e. The highest BCUT2D eigenvalue weighted by Crippen LogP contribution is 2.33. The number of sulfonamides is 1. The van der Waals surface area contributed by atoms with E-state index in [9.17, 15) is 23.4 Å². The average Bonchev–Trinajstić information content (AvgIpc) is 3.01. The van der Waals surface area contributed by atoms with Crippen LogP contribution < -0.4 is 5.14 Å². The topological polar surface area (TPSA) is 138 Å². The van der Waals surface area contributed by atoms with E-state index in [1.165, 1.54) is 0 Å². The molecule has 0 aliphatic heterocycles. The van der Waals surface area contributed by atoms with E-state index in [1.54, 1.807) is 0 Å². The number of hydrogen-bond donors (Lipinski definition) is 4. The zero-order valence-corrected chi connectivity index (χ0v) is 20.0. The van der Waals surface area contributed by atoms with E-state index in [0.29, 0.717) is 12.8 Å². The normalized spacial score (nSPS) is 21.9. The van der Waals surface area contributed by atoms with Crippen LogP contribution in [0.2, 0.25) is 0 Å². The summed E-state index contributed by atoms with van der Waals surface area (Å²) in [5, 5.41) is 35.0. The highest BCUT2D eigenvalue weighted by Gasteiger charge is 2.29. The Morgan fingerprint density at radius 2 is 1.97 bits per heavy atom. The van der Waals surface area contributed by atoms with Crippen molar-refractivity contribution in [3.05, 3.63) is 23.8 Å². The number of carboxylic acids is 1. The molecular formula is C23H41NO6S. The second kappa shape index (κ2) is 12.7. The zero-order valence-electron chi connectivity index (χ0n) is 19.2. The van der Waals surface area contributed by atoms with Gasteiger partial charge < -0.3 is 15.3 Å². The maximum atomic E-state index is 11.2. The fourth-order valence-electron chi connectivity index (χ4n) is 4.04. The predicted molar refractivity (Wildman–Crippen MR) is 123 cm³/mol. The van der Waals surface area contributed by atoms with Crippen LogP contribution in [0.1, 0.15) is 78.6 Å². The standard InChI is InChI=1S/C23H41NO6S/c1-4-5-15-23(2,3)21(26)14-12-19-17(11-13-20(19)25)9-7-6-8-10-18(22(27)28)16-31(24,29)30/h11-12,14,18-21,25-26H,4-10,13,15-16H2,1-3H3,(H,27,28)(H2,24,29,30)/b14-12+/t18?,19-,20-,21-/m1/s1. The van der Waals surface area contributed by atoms with E-state index in [1.807, 2.05) is 12.2 Å². The van der Waals surface area contributed by atoms with Crippen LogP contribution in [0.3, 0.4) is 0 Å². The lowest BCUT2D eigenvalue weighted by Gasteiger charge is -2.29. The molecule has 180 valence electrons. The average molecular weight is 460 g/mol. The van der Waals surface area contributed by atoms with Crippen molar-refractivity contribution in [3.8, 4) is 0 Å². The minimum Gasteiger partial charge on any atom is -0.481 e. The maximum absolute atomic E-state index is 11.2. The Kier molecular flexibility index (Phi) is 11.4. The van der Waals surface area contributed by atoms with Crippen molar-refractivity contribution in [3.63, 3.8) is 0 Å². The molecule has 0 spiro atoms. The van der Waals surface area contributed by atoms with Gasteiger partial charge in [-0.25, -0.2) is 13.6 Å². The Bertz CT molecular complexity index is 728. The predicted octanol–water partition coefficient (Wildman–Crippen LogP) is 3.37. The lowest BCUT2D eigenvalue weighted by molar-refractivity contribution is -0.141. The van der Waals surface area contributed by atoms with E-state index in [0.717, 1.165) is 44.1 Å². The first-order valence-electron chi connectivity index (χ1n) is 11.3. The molecule has 1 aliphatic carbocycles. The molecule has 1 unspecified atom stereocenters. The van der Waals surface area contributed by atoms with E-state index in [-0.39, 0.29) is 17.8 Å².